The number of hydrogen-bond donors (Lipinski definition) is 1. The molecule has 2 spiro atoms. The van der Waals surface area contributed by atoms with Gasteiger partial charge in [-0.15, -0.1) is 0 Å². The molecule has 0 unspecified atom stereocenters. The summed E-state index contributed by atoms with van der Waals surface area (Å²) in [6, 6.07) is 0. The molecule has 2 aliphatic carbocycles. The quantitative estimate of drug-likeness (QED) is 0.226. The summed E-state index contributed by atoms with van der Waals surface area (Å²) >= 11 is 0. The minimum absolute atomic E-state index is 0.00772. The van der Waals surface area contributed by atoms with Crippen LogP contribution in [0.4, 0.5) is 0 Å². The number of rotatable bonds is 0. The highest BCUT2D eigenvalue weighted by Crippen LogP contribution is 2.69. The van der Waals surface area contributed by atoms with Gasteiger partial charge in [0.05, 0.1) is 24.7 Å². The SMILES string of the molecule is CC1=C[C@H]2O[C@@H]3C[C@H]4OC(=O)/C=C\C=C\C(=O)OCC[C@@H](C)[C@H](O)C(=O)OO[C@@]2(CC1)[C@]4(C)[C@@]31CO1. The Bertz CT molecular complexity index is 1030. The zero-order valence-corrected chi connectivity index (χ0v) is 20.6. The summed E-state index contributed by atoms with van der Waals surface area (Å²) < 4.78 is 23.4. The molecule has 5 rings (SSSR count). The van der Waals surface area contributed by atoms with Crippen LogP contribution in [0, 0.1) is 11.3 Å². The van der Waals surface area contributed by atoms with E-state index in [0.717, 1.165) is 5.57 Å². The summed E-state index contributed by atoms with van der Waals surface area (Å²) in [5, 5.41) is 10.6. The molecule has 5 aliphatic rings. The molecule has 0 aromatic carbocycles. The number of aliphatic hydroxyl groups is 1. The van der Waals surface area contributed by atoms with Gasteiger partial charge in [-0.1, -0.05) is 30.7 Å². The third kappa shape index (κ3) is 3.82. The molecule has 0 aromatic rings. The van der Waals surface area contributed by atoms with Gasteiger partial charge < -0.3 is 24.1 Å². The number of allylic oxidation sites excluding steroid dienone is 3. The first kappa shape index (κ1) is 25.1. The van der Waals surface area contributed by atoms with E-state index < -0.39 is 58.8 Å². The third-order valence-electron chi connectivity index (χ3n) is 8.61. The second-order valence-electron chi connectivity index (χ2n) is 10.6. The summed E-state index contributed by atoms with van der Waals surface area (Å²) in [5.41, 5.74) is -1.75. The van der Waals surface area contributed by atoms with Gasteiger partial charge in [0, 0.05) is 18.6 Å². The monoisotopic (exact) mass is 504 g/mol. The fourth-order valence-corrected chi connectivity index (χ4v) is 6.21. The number of epoxide rings is 1. The highest BCUT2D eigenvalue weighted by molar-refractivity contribution is 5.84. The van der Waals surface area contributed by atoms with Crippen LogP contribution in [-0.2, 0) is 43.1 Å². The average molecular weight is 505 g/mol. The maximum Gasteiger partial charge on any atom is 0.370 e. The predicted molar refractivity (Wildman–Crippen MR) is 122 cm³/mol. The van der Waals surface area contributed by atoms with Crippen LogP contribution in [0.2, 0.25) is 0 Å². The van der Waals surface area contributed by atoms with Crippen molar-refractivity contribution in [2.24, 2.45) is 11.3 Å². The van der Waals surface area contributed by atoms with E-state index in [2.05, 4.69) is 0 Å². The van der Waals surface area contributed by atoms with E-state index in [4.69, 9.17) is 28.7 Å². The van der Waals surface area contributed by atoms with Crippen LogP contribution in [-0.4, -0.2) is 71.8 Å². The van der Waals surface area contributed by atoms with Gasteiger partial charge in [-0.25, -0.2) is 14.4 Å². The van der Waals surface area contributed by atoms with Gasteiger partial charge in [0.1, 0.15) is 17.8 Å². The molecule has 0 radical (unpaired) electrons. The average Bonchev–Trinajstić information content (AvgIpc) is 3.62. The van der Waals surface area contributed by atoms with Crippen molar-refractivity contribution < 1.29 is 48.2 Å². The Morgan fingerprint density at radius 2 is 1.78 bits per heavy atom. The normalized spacial score (nSPS) is 46.8. The first-order chi connectivity index (χ1) is 17.1. The summed E-state index contributed by atoms with van der Waals surface area (Å²) in [7, 11) is 0. The minimum atomic E-state index is -1.50. The van der Waals surface area contributed by atoms with Gasteiger partial charge in [-0.05, 0) is 39.0 Å². The van der Waals surface area contributed by atoms with E-state index in [9.17, 15) is 19.5 Å². The van der Waals surface area contributed by atoms with Crippen LogP contribution in [0.5, 0.6) is 0 Å². The first-order valence-corrected chi connectivity index (χ1v) is 12.4. The van der Waals surface area contributed by atoms with Gasteiger partial charge >= 0.3 is 17.9 Å². The lowest BCUT2D eigenvalue weighted by Crippen LogP contribution is -2.70. The predicted octanol–water partition coefficient (Wildman–Crippen LogP) is 1.85. The minimum Gasteiger partial charge on any atom is -0.463 e. The number of aliphatic hydroxyl groups excluding tert-OH is 1. The van der Waals surface area contributed by atoms with Crippen molar-refractivity contribution in [2.45, 2.75) is 82.1 Å². The molecule has 1 N–H and O–H groups in total. The van der Waals surface area contributed by atoms with E-state index in [0.29, 0.717) is 25.9 Å². The van der Waals surface area contributed by atoms with Gasteiger partial charge in [0.2, 0.25) is 0 Å². The van der Waals surface area contributed by atoms with Crippen LogP contribution >= 0.6 is 0 Å². The van der Waals surface area contributed by atoms with Crippen molar-refractivity contribution in [3.8, 4) is 0 Å². The highest BCUT2D eigenvalue weighted by atomic mass is 17.2. The van der Waals surface area contributed by atoms with Gasteiger partial charge in [-0.2, -0.15) is 4.89 Å². The maximum absolute atomic E-state index is 12.8. The zero-order valence-electron chi connectivity index (χ0n) is 20.6. The van der Waals surface area contributed by atoms with E-state index in [1.165, 1.54) is 24.3 Å². The van der Waals surface area contributed by atoms with Crippen molar-refractivity contribution >= 4 is 17.9 Å². The molecule has 196 valence electrons. The molecule has 36 heavy (non-hydrogen) atoms. The molecule has 8 atom stereocenters. The number of hydrogen-bond acceptors (Lipinski definition) is 10. The van der Waals surface area contributed by atoms with Crippen LogP contribution in [0.15, 0.2) is 36.0 Å². The second-order valence-corrected chi connectivity index (χ2v) is 10.6. The fourth-order valence-electron chi connectivity index (χ4n) is 6.21. The molecular formula is C26H32O10. The van der Waals surface area contributed by atoms with Gasteiger partial charge in [0.25, 0.3) is 0 Å². The molecule has 3 heterocycles. The number of cyclic esters (lactones) is 1. The van der Waals surface area contributed by atoms with Crippen LogP contribution < -0.4 is 0 Å². The number of carbonyl (C=O) groups is 3. The van der Waals surface area contributed by atoms with Crippen LogP contribution in [0.1, 0.15) is 46.5 Å². The van der Waals surface area contributed by atoms with Crippen LogP contribution in [0.3, 0.4) is 0 Å². The molecule has 3 fully saturated rings. The summed E-state index contributed by atoms with van der Waals surface area (Å²) in [4.78, 5) is 48.7. The molecule has 1 saturated carbocycles. The standard InChI is InChI=1S/C26H32O10/c1-15-8-10-25-18(12-15)33-19-13-17(24(25,3)26(19)14-32-26)34-21(28)7-5-4-6-20(27)31-11-9-16(2)22(29)23(30)35-36-25/h4-7,12,16-19,22,29H,8-11,13-14H2,1-3H3/b6-4+,7-5-/t16-,17-,18-,19-,22+,24-,25-,26-/m1/s1. The lowest BCUT2D eigenvalue weighted by atomic mass is 9.58. The zero-order chi connectivity index (χ0) is 25.7. The van der Waals surface area contributed by atoms with E-state index in [-0.39, 0.29) is 19.1 Å². The number of ether oxygens (including phenoxy) is 4. The lowest BCUT2D eigenvalue weighted by Gasteiger charge is -2.56. The van der Waals surface area contributed by atoms with Crippen molar-refractivity contribution in [1.82, 2.24) is 0 Å². The first-order valence-electron chi connectivity index (χ1n) is 12.4. The summed E-state index contributed by atoms with van der Waals surface area (Å²) in [5.74, 6) is -2.73. The Balaban J connectivity index is 1.52. The topological polar surface area (TPSA) is 130 Å². The van der Waals surface area contributed by atoms with Gasteiger partial charge in [-0.3, -0.25) is 4.89 Å². The van der Waals surface area contributed by atoms with E-state index in [1.807, 2.05) is 19.9 Å². The Morgan fingerprint density at radius 1 is 1.06 bits per heavy atom. The van der Waals surface area contributed by atoms with Crippen molar-refractivity contribution in [3.05, 3.63) is 36.0 Å². The van der Waals surface area contributed by atoms with E-state index >= 15 is 0 Å². The van der Waals surface area contributed by atoms with Crippen molar-refractivity contribution in [1.29, 1.82) is 0 Å². The largest absolute Gasteiger partial charge is 0.463 e. The molecule has 10 heteroatoms. The Labute approximate surface area is 209 Å². The molecule has 3 aliphatic heterocycles. The summed E-state index contributed by atoms with van der Waals surface area (Å²) in [6.07, 6.45) is 5.84. The molecule has 0 aromatic heterocycles. The number of carbonyl (C=O) groups excluding carboxylic acids is 3. The Kier molecular flexibility index (Phi) is 6.35. The maximum atomic E-state index is 12.8. The Hall–Kier alpha value is -2.53. The smallest absolute Gasteiger partial charge is 0.370 e. The summed E-state index contributed by atoms with van der Waals surface area (Å²) in [6.45, 7) is 5.98. The van der Waals surface area contributed by atoms with Crippen molar-refractivity contribution in [3.63, 3.8) is 0 Å². The highest BCUT2D eigenvalue weighted by Gasteiger charge is 2.84. The molecule has 2 bridgehead atoms. The second kappa shape index (κ2) is 9.09. The lowest BCUT2D eigenvalue weighted by molar-refractivity contribution is -0.405. The number of esters is 2. The van der Waals surface area contributed by atoms with Gasteiger partial charge in [0.15, 0.2) is 11.7 Å². The Morgan fingerprint density at radius 3 is 2.50 bits per heavy atom. The molecular weight excluding hydrogens is 472 g/mol. The third-order valence-corrected chi connectivity index (χ3v) is 8.61. The molecule has 0 amide bonds. The van der Waals surface area contributed by atoms with E-state index in [1.54, 1.807) is 6.92 Å². The molecule has 2 saturated heterocycles. The molecule has 10 nitrogen and oxygen atoms in total. The van der Waals surface area contributed by atoms with Crippen molar-refractivity contribution in [2.75, 3.05) is 13.2 Å². The van der Waals surface area contributed by atoms with Crippen LogP contribution in [0.25, 0.3) is 0 Å². The fraction of sp³-hybridized carbons (Fsp3) is 0.654.